The van der Waals surface area contributed by atoms with Crippen LogP contribution < -0.4 is 10.2 Å². The molecule has 0 amide bonds. The molecule has 3 aromatic rings. The highest BCUT2D eigenvalue weighted by atomic mass is 32.1. The Kier molecular flexibility index (Phi) is 6.10. The minimum Gasteiger partial charge on any atom is -0.493 e. The maximum atomic E-state index is 12.6. The molecule has 2 aromatic carbocycles. The number of halogens is 3. The predicted octanol–water partition coefficient (Wildman–Crippen LogP) is 4.93. The molecule has 8 heteroatoms. The molecule has 27 heavy (non-hydrogen) atoms. The number of nitrogens with one attached hydrogen (secondary N) is 1. The Morgan fingerprint density at radius 2 is 1.89 bits per heavy atom. The quantitative estimate of drug-likeness (QED) is 0.558. The number of hydrogen-bond acceptors (Lipinski definition) is 5. The molecule has 0 unspecified atom stereocenters. The monoisotopic (exact) mass is 394 g/mol. The Labute approximate surface area is 158 Å². The molecule has 0 bridgehead atoms. The van der Waals surface area contributed by atoms with E-state index in [-0.39, 0.29) is 0 Å². The highest BCUT2D eigenvalue weighted by molar-refractivity contribution is 7.13. The zero-order chi connectivity index (χ0) is 19.3. The molecule has 0 saturated carbocycles. The first-order chi connectivity index (χ1) is 13.0. The fourth-order valence-corrected chi connectivity index (χ4v) is 3.33. The molecule has 0 radical (unpaired) electrons. The van der Waals surface area contributed by atoms with Crippen LogP contribution >= 0.6 is 11.3 Å². The van der Waals surface area contributed by atoms with E-state index in [1.165, 1.54) is 23.5 Å². The molecule has 142 valence electrons. The van der Waals surface area contributed by atoms with Crippen LogP contribution in [0.3, 0.4) is 0 Å². The summed E-state index contributed by atoms with van der Waals surface area (Å²) in [6.45, 7) is 0.756. The number of ether oxygens (including phenoxy) is 1. The molecule has 0 aliphatic carbocycles. The number of nitrogens with zero attached hydrogens (tertiary/aromatic N) is 1. The van der Waals surface area contributed by atoms with Gasteiger partial charge in [0.2, 0.25) is 0 Å². The first kappa shape index (κ1) is 19.3. The number of thiazole rings is 1. The molecule has 0 atom stereocenters. The van der Waals surface area contributed by atoms with E-state index in [0.717, 1.165) is 23.4 Å². The average molecular weight is 394 g/mol. The van der Waals surface area contributed by atoms with E-state index in [1.807, 2.05) is 29.6 Å². The third-order valence-corrected chi connectivity index (χ3v) is 4.76. The molecule has 1 heterocycles. The van der Waals surface area contributed by atoms with E-state index < -0.39 is 11.7 Å². The Morgan fingerprint density at radius 3 is 2.59 bits per heavy atom. The highest BCUT2D eigenvalue weighted by Crippen LogP contribution is 2.31. The van der Waals surface area contributed by atoms with Crippen molar-refractivity contribution in [1.29, 1.82) is 0 Å². The van der Waals surface area contributed by atoms with E-state index >= 15 is 0 Å². The molecule has 0 spiro atoms. The molecular formula is C19H17F3N2O2S. The smallest absolute Gasteiger partial charge is 0.416 e. The van der Waals surface area contributed by atoms with Gasteiger partial charge in [-0.3, -0.25) is 0 Å². The lowest BCUT2D eigenvalue weighted by atomic mass is 10.1. The lowest BCUT2D eigenvalue weighted by molar-refractivity contribution is -0.137. The molecule has 0 aliphatic rings. The lowest BCUT2D eigenvalue weighted by Crippen LogP contribution is -2.06. The van der Waals surface area contributed by atoms with Crippen LogP contribution in [0.1, 0.15) is 16.8 Å². The number of aromatic nitrogens is 1. The Hall–Kier alpha value is -2.42. The number of alkyl halides is 3. The van der Waals surface area contributed by atoms with E-state index in [2.05, 4.69) is 10.5 Å². The van der Waals surface area contributed by atoms with Crippen molar-refractivity contribution in [2.45, 2.75) is 19.1 Å². The number of benzene rings is 2. The van der Waals surface area contributed by atoms with Crippen LogP contribution in [-0.4, -0.2) is 16.8 Å². The topological polar surface area (TPSA) is 54.4 Å². The fraction of sp³-hybridized carbons (Fsp3) is 0.211. The van der Waals surface area contributed by atoms with Crippen LogP contribution in [0.5, 0.6) is 5.75 Å². The largest absolute Gasteiger partial charge is 0.493 e. The number of rotatable bonds is 7. The van der Waals surface area contributed by atoms with Crippen LogP contribution in [0.2, 0.25) is 0 Å². The second kappa shape index (κ2) is 8.51. The van der Waals surface area contributed by atoms with Gasteiger partial charge >= 0.3 is 6.18 Å². The van der Waals surface area contributed by atoms with Gasteiger partial charge in [-0.1, -0.05) is 24.3 Å². The average Bonchev–Trinajstić information content (AvgIpc) is 3.11. The van der Waals surface area contributed by atoms with E-state index in [1.54, 1.807) is 0 Å². The summed E-state index contributed by atoms with van der Waals surface area (Å²) in [5, 5.41) is 11.3. The van der Waals surface area contributed by atoms with Crippen molar-refractivity contribution in [3.8, 4) is 16.3 Å². The van der Waals surface area contributed by atoms with Crippen molar-refractivity contribution in [2.75, 3.05) is 6.61 Å². The normalized spacial score (nSPS) is 11.6. The minimum atomic E-state index is -4.34. The maximum Gasteiger partial charge on any atom is 0.416 e. The maximum absolute atomic E-state index is 12.6. The molecule has 1 aromatic heterocycles. The van der Waals surface area contributed by atoms with Crippen LogP contribution in [0.4, 0.5) is 13.2 Å². The van der Waals surface area contributed by atoms with Crippen molar-refractivity contribution in [3.05, 3.63) is 70.7 Å². The first-order valence-electron chi connectivity index (χ1n) is 8.16. The first-order valence-corrected chi connectivity index (χ1v) is 9.04. The summed E-state index contributed by atoms with van der Waals surface area (Å²) in [4.78, 5) is 4.46. The summed E-state index contributed by atoms with van der Waals surface area (Å²) in [6.07, 6.45) is -3.76. The second-order valence-electron chi connectivity index (χ2n) is 5.80. The molecule has 4 nitrogen and oxygen atoms in total. The van der Waals surface area contributed by atoms with Crippen LogP contribution in [0.25, 0.3) is 10.6 Å². The summed E-state index contributed by atoms with van der Waals surface area (Å²) >= 11 is 1.39. The SMILES string of the molecule is ONCc1cccc(OCCc2csc(-c3ccc(C(F)(F)F)cc3)n2)c1. The van der Waals surface area contributed by atoms with E-state index in [4.69, 9.17) is 9.94 Å². The Bertz CT molecular complexity index is 879. The van der Waals surface area contributed by atoms with Gasteiger partial charge in [0, 0.05) is 23.9 Å². The van der Waals surface area contributed by atoms with Crippen molar-refractivity contribution >= 4 is 11.3 Å². The third kappa shape index (κ3) is 5.29. The van der Waals surface area contributed by atoms with Crippen LogP contribution in [-0.2, 0) is 19.1 Å². The van der Waals surface area contributed by atoms with E-state index in [0.29, 0.717) is 35.9 Å². The number of hydrogen-bond donors (Lipinski definition) is 2. The lowest BCUT2D eigenvalue weighted by Gasteiger charge is -2.07. The van der Waals surface area contributed by atoms with Gasteiger partial charge in [-0.2, -0.15) is 13.2 Å². The predicted molar refractivity (Wildman–Crippen MR) is 96.8 cm³/mol. The second-order valence-corrected chi connectivity index (χ2v) is 6.66. The Balaban J connectivity index is 1.57. The zero-order valence-electron chi connectivity index (χ0n) is 14.2. The van der Waals surface area contributed by atoms with Gasteiger partial charge in [0.15, 0.2) is 0 Å². The molecule has 0 saturated heterocycles. The van der Waals surface area contributed by atoms with Crippen molar-refractivity contribution in [3.63, 3.8) is 0 Å². The van der Waals surface area contributed by atoms with Gasteiger partial charge in [-0.05, 0) is 29.8 Å². The van der Waals surface area contributed by atoms with Gasteiger partial charge in [0.25, 0.3) is 0 Å². The molecule has 0 fully saturated rings. The van der Waals surface area contributed by atoms with Gasteiger partial charge in [-0.15, -0.1) is 11.3 Å². The van der Waals surface area contributed by atoms with Gasteiger partial charge < -0.3 is 9.94 Å². The third-order valence-electron chi connectivity index (χ3n) is 3.82. The fourth-order valence-electron chi connectivity index (χ4n) is 2.47. The summed E-state index contributed by atoms with van der Waals surface area (Å²) in [6, 6.07) is 12.4. The summed E-state index contributed by atoms with van der Waals surface area (Å²) in [5.41, 5.74) is 3.80. The molecule has 2 N–H and O–H groups in total. The standard InChI is InChI=1S/C19H17F3N2O2S/c20-19(21,22)15-6-4-14(5-7-15)18-24-16(12-27-18)8-9-26-17-3-1-2-13(10-17)11-23-25/h1-7,10,12,23,25H,8-9,11H2. The van der Waals surface area contributed by atoms with Crippen molar-refractivity contribution < 1.29 is 23.1 Å². The Morgan fingerprint density at radius 1 is 1.11 bits per heavy atom. The summed E-state index contributed by atoms with van der Waals surface area (Å²) < 4.78 is 43.6. The zero-order valence-corrected chi connectivity index (χ0v) is 15.0. The molecular weight excluding hydrogens is 377 g/mol. The van der Waals surface area contributed by atoms with Crippen molar-refractivity contribution in [1.82, 2.24) is 10.5 Å². The van der Waals surface area contributed by atoms with Gasteiger partial charge in [0.05, 0.1) is 17.9 Å². The van der Waals surface area contributed by atoms with Crippen LogP contribution in [0, 0.1) is 0 Å². The van der Waals surface area contributed by atoms with E-state index in [9.17, 15) is 13.2 Å². The minimum absolute atomic E-state index is 0.333. The molecule has 0 aliphatic heterocycles. The highest BCUT2D eigenvalue weighted by Gasteiger charge is 2.30. The molecule has 3 rings (SSSR count). The van der Waals surface area contributed by atoms with Gasteiger partial charge in [-0.25, -0.2) is 10.5 Å². The number of hydroxylamine groups is 1. The van der Waals surface area contributed by atoms with Crippen LogP contribution in [0.15, 0.2) is 53.9 Å². The van der Waals surface area contributed by atoms with Gasteiger partial charge in [0.1, 0.15) is 10.8 Å². The summed E-state index contributed by atoms with van der Waals surface area (Å²) in [7, 11) is 0. The summed E-state index contributed by atoms with van der Waals surface area (Å²) in [5.74, 6) is 0.695. The van der Waals surface area contributed by atoms with Crippen molar-refractivity contribution in [2.24, 2.45) is 0 Å².